The molecule has 0 aliphatic carbocycles. The summed E-state index contributed by atoms with van der Waals surface area (Å²) in [4.78, 5) is 24.8. The molecule has 0 spiro atoms. The first kappa shape index (κ1) is 22.8. The molecule has 0 fully saturated rings. The zero-order valence-corrected chi connectivity index (χ0v) is 17.3. The van der Waals surface area contributed by atoms with Gasteiger partial charge in [-0.15, -0.1) is 0 Å². The molecule has 0 unspecified atom stereocenters. The first-order valence-electron chi connectivity index (χ1n) is 9.45. The quantitative estimate of drug-likeness (QED) is 0.606. The molecule has 2 rings (SSSR count). The van der Waals surface area contributed by atoms with Crippen molar-refractivity contribution in [1.29, 1.82) is 0 Å². The van der Waals surface area contributed by atoms with Gasteiger partial charge in [-0.3, -0.25) is 20.4 Å². The van der Waals surface area contributed by atoms with Gasteiger partial charge in [0, 0.05) is 11.6 Å². The third-order valence-electron chi connectivity index (χ3n) is 3.88. The summed E-state index contributed by atoms with van der Waals surface area (Å²) in [6.07, 6.45) is 0. The maximum Gasteiger partial charge on any atom is 0.272 e. The zero-order chi connectivity index (χ0) is 22.1. The fourth-order valence-electron chi connectivity index (χ4n) is 2.58. The third-order valence-corrected chi connectivity index (χ3v) is 3.88. The Balaban J connectivity index is 2.20. The SMILES string of the molecule is CCOc1cc(C(=O)NNC(=O)c2ccc(OC)cc2F)cc(OCC)c1OCC. The predicted molar refractivity (Wildman–Crippen MR) is 108 cm³/mol. The van der Waals surface area contributed by atoms with E-state index in [2.05, 4.69) is 10.9 Å². The topological polar surface area (TPSA) is 95.1 Å². The Hall–Kier alpha value is -3.49. The van der Waals surface area contributed by atoms with Gasteiger partial charge in [0.2, 0.25) is 5.75 Å². The molecular formula is C21H25FN2O6. The Bertz CT molecular complexity index is 876. The van der Waals surface area contributed by atoms with Crippen LogP contribution in [-0.2, 0) is 0 Å². The maximum atomic E-state index is 14.0. The van der Waals surface area contributed by atoms with Crippen molar-refractivity contribution in [2.24, 2.45) is 0 Å². The van der Waals surface area contributed by atoms with Crippen LogP contribution in [0.1, 0.15) is 41.5 Å². The highest BCUT2D eigenvalue weighted by molar-refractivity contribution is 5.99. The fourth-order valence-corrected chi connectivity index (χ4v) is 2.58. The number of ether oxygens (including phenoxy) is 4. The first-order valence-corrected chi connectivity index (χ1v) is 9.45. The third kappa shape index (κ3) is 5.53. The van der Waals surface area contributed by atoms with Gasteiger partial charge in [0.25, 0.3) is 11.8 Å². The number of methoxy groups -OCH3 is 1. The Morgan fingerprint density at radius 1 is 0.867 bits per heavy atom. The van der Waals surface area contributed by atoms with Crippen LogP contribution in [0.15, 0.2) is 30.3 Å². The number of hydrogen-bond acceptors (Lipinski definition) is 6. The lowest BCUT2D eigenvalue weighted by Crippen LogP contribution is -2.42. The highest BCUT2D eigenvalue weighted by Crippen LogP contribution is 2.39. The lowest BCUT2D eigenvalue weighted by molar-refractivity contribution is 0.0843. The van der Waals surface area contributed by atoms with E-state index in [9.17, 15) is 14.0 Å². The second-order valence-corrected chi connectivity index (χ2v) is 5.85. The molecule has 9 heteroatoms. The van der Waals surface area contributed by atoms with E-state index < -0.39 is 17.6 Å². The molecule has 30 heavy (non-hydrogen) atoms. The molecule has 2 aromatic rings. The van der Waals surface area contributed by atoms with Crippen molar-refractivity contribution in [2.75, 3.05) is 26.9 Å². The molecule has 0 aliphatic rings. The average molecular weight is 420 g/mol. The molecule has 162 valence electrons. The summed E-state index contributed by atoms with van der Waals surface area (Å²) >= 11 is 0. The summed E-state index contributed by atoms with van der Waals surface area (Å²) in [5, 5.41) is 0. The van der Waals surface area contributed by atoms with Crippen molar-refractivity contribution < 1.29 is 32.9 Å². The molecule has 8 nitrogen and oxygen atoms in total. The van der Waals surface area contributed by atoms with Gasteiger partial charge in [-0.05, 0) is 45.0 Å². The molecule has 0 atom stereocenters. The monoisotopic (exact) mass is 420 g/mol. The van der Waals surface area contributed by atoms with E-state index in [0.717, 1.165) is 6.07 Å². The number of carbonyl (C=O) groups excluding carboxylic acids is 2. The summed E-state index contributed by atoms with van der Waals surface area (Å²) in [5.41, 5.74) is 4.37. The minimum atomic E-state index is -0.815. The van der Waals surface area contributed by atoms with E-state index in [-0.39, 0.29) is 16.9 Å². The summed E-state index contributed by atoms with van der Waals surface area (Å²) in [7, 11) is 1.39. The lowest BCUT2D eigenvalue weighted by atomic mass is 10.1. The summed E-state index contributed by atoms with van der Waals surface area (Å²) < 4.78 is 35.7. The molecule has 0 bridgehead atoms. The molecule has 0 aliphatic heterocycles. The maximum absolute atomic E-state index is 14.0. The van der Waals surface area contributed by atoms with Gasteiger partial charge < -0.3 is 18.9 Å². The van der Waals surface area contributed by atoms with Crippen molar-refractivity contribution in [1.82, 2.24) is 10.9 Å². The highest BCUT2D eigenvalue weighted by atomic mass is 19.1. The zero-order valence-electron chi connectivity index (χ0n) is 17.3. The predicted octanol–water partition coefficient (Wildman–Crippen LogP) is 3.11. The van der Waals surface area contributed by atoms with E-state index in [1.54, 1.807) is 13.8 Å². The number of hydrogen-bond donors (Lipinski definition) is 2. The molecule has 0 aromatic heterocycles. The molecule has 0 radical (unpaired) electrons. The Kier molecular flexibility index (Phi) is 8.28. The molecule has 0 saturated carbocycles. The van der Waals surface area contributed by atoms with Crippen molar-refractivity contribution in [3.05, 3.63) is 47.3 Å². The normalized spacial score (nSPS) is 10.2. The molecule has 0 saturated heterocycles. The lowest BCUT2D eigenvalue weighted by Gasteiger charge is -2.17. The van der Waals surface area contributed by atoms with Crippen molar-refractivity contribution in [3.8, 4) is 23.0 Å². The molecular weight excluding hydrogens is 395 g/mol. The fraction of sp³-hybridized carbons (Fsp3) is 0.333. The van der Waals surface area contributed by atoms with Crippen LogP contribution in [0.5, 0.6) is 23.0 Å². The second-order valence-electron chi connectivity index (χ2n) is 5.85. The number of benzene rings is 2. The van der Waals surface area contributed by atoms with Gasteiger partial charge >= 0.3 is 0 Å². The van der Waals surface area contributed by atoms with Crippen LogP contribution in [0.25, 0.3) is 0 Å². The molecule has 0 heterocycles. The van der Waals surface area contributed by atoms with Gasteiger partial charge in [0.1, 0.15) is 11.6 Å². The number of nitrogens with one attached hydrogen (secondary N) is 2. The summed E-state index contributed by atoms with van der Waals surface area (Å²) in [6, 6.07) is 6.73. The largest absolute Gasteiger partial charge is 0.497 e. The number of halogens is 1. The van der Waals surface area contributed by atoms with Gasteiger partial charge in [0.15, 0.2) is 11.5 Å². The van der Waals surface area contributed by atoms with E-state index in [1.807, 2.05) is 6.92 Å². The van der Waals surface area contributed by atoms with E-state index in [4.69, 9.17) is 18.9 Å². The Morgan fingerprint density at radius 3 is 1.93 bits per heavy atom. The average Bonchev–Trinajstić information content (AvgIpc) is 2.74. The van der Waals surface area contributed by atoms with Gasteiger partial charge in [-0.2, -0.15) is 0 Å². The second kappa shape index (κ2) is 10.9. The molecule has 2 amide bonds. The summed E-state index contributed by atoms with van der Waals surface area (Å²) in [6.45, 7) is 6.50. The first-order chi connectivity index (χ1) is 14.4. The van der Waals surface area contributed by atoms with Crippen LogP contribution < -0.4 is 29.8 Å². The Labute approximate surface area is 174 Å². The van der Waals surface area contributed by atoms with Crippen LogP contribution in [0.3, 0.4) is 0 Å². The minimum absolute atomic E-state index is 0.167. The van der Waals surface area contributed by atoms with Crippen LogP contribution in [-0.4, -0.2) is 38.7 Å². The number of amides is 2. The van der Waals surface area contributed by atoms with Gasteiger partial charge in [-0.1, -0.05) is 0 Å². The van der Waals surface area contributed by atoms with E-state index >= 15 is 0 Å². The molecule has 2 aromatic carbocycles. The van der Waals surface area contributed by atoms with Crippen molar-refractivity contribution in [2.45, 2.75) is 20.8 Å². The van der Waals surface area contributed by atoms with Crippen LogP contribution >= 0.6 is 0 Å². The van der Waals surface area contributed by atoms with Crippen molar-refractivity contribution >= 4 is 11.8 Å². The summed E-state index contributed by atoms with van der Waals surface area (Å²) in [5.74, 6) is -0.895. The smallest absolute Gasteiger partial charge is 0.272 e. The van der Waals surface area contributed by atoms with E-state index in [1.165, 1.54) is 31.4 Å². The number of rotatable bonds is 9. The van der Waals surface area contributed by atoms with Gasteiger partial charge in [-0.25, -0.2) is 4.39 Å². The molecule has 2 N–H and O–H groups in total. The van der Waals surface area contributed by atoms with Gasteiger partial charge in [0.05, 0.1) is 32.5 Å². The van der Waals surface area contributed by atoms with Crippen LogP contribution in [0.4, 0.5) is 4.39 Å². The Morgan fingerprint density at radius 2 is 1.43 bits per heavy atom. The minimum Gasteiger partial charge on any atom is -0.497 e. The number of carbonyl (C=O) groups is 2. The van der Waals surface area contributed by atoms with E-state index in [0.29, 0.717) is 37.1 Å². The number of hydrazine groups is 1. The van der Waals surface area contributed by atoms with Crippen molar-refractivity contribution in [3.63, 3.8) is 0 Å². The van der Waals surface area contributed by atoms with Crippen LogP contribution in [0.2, 0.25) is 0 Å². The standard InChI is InChI=1S/C21H25FN2O6/c1-5-28-17-10-13(11-18(29-6-2)19(17)30-7-3)20(25)23-24-21(26)15-9-8-14(27-4)12-16(15)22/h8-12H,5-7H2,1-4H3,(H,23,25)(H,24,26). The van der Waals surface area contributed by atoms with Crippen LogP contribution in [0, 0.1) is 5.82 Å². The highest BCUT2D eigenvalue weighted by Gasteiger charge is 2.19.